The molecule has 1 saturated heterocycles. The number of hydrogen-bond donors (Lipinski definition) is 1. The molecule has 1 aromatic rings. The van der Waals surface area contributed by atoms with Crippen molar-refractivity contribution < 1.29 is 4.79 Å². The Hall–Kier alpha value is -0.840. The number of carbonyl (C=O) groups excluding carboxylic acids is 1. The molecule has 118 valence electrons. The fourth-order valence-electron chi connectivity index (χ4n) is 3.08. The van der Waals surface area contributed by atoms with Gasteiger partial charge in [-0.15, -0.1) is 0 Å². The Morgan fingerprint density at radius 3 is 2.81 bits per heavy atom. The topological polar surface area (TPSA) is 49.0 Å². The molecule has 0 radical (unpaired) electrons. The van der Waals surface area contributed by atoms with E-state index in [-0.39, 0.29) is 5.91 Å². The maximum absolute atomic E-state index is 12.7. The van der Waals surface area contributed by atoms with Gasteiger partial charge >= 0.3 is 0 Å². The van der Waals surface area contributed by atoms with E-state index in [2.05, 4.69) is 46.9 Å². The summed E-state index contributed by atoms with van der Waals surface area (Å²) in [5, 5.41) is 7.23. The van der Waals surface area contributed by atoms with Crippen LogP contribution in [0.5, 0.6) is 0 Å². The van der Waals surface area contributed by atoms with Gasteiger partial charge in [-0.25, -0.2) is 0 Å². The first-order valence-electron chi connectivity index (χ1n) is 8.07. The normalized spacial score (nSPS) is 19.9. The van der Waals surface area contributed by atoms with Crippen LogP contribution < -0.4 is 0 Å². The SMILES string of the molecule is CCCC1CCCN(C(=O)c2n[nH]c(C(C)C)c2Br)CC1. The van der Waals surface area contributed by atoms with Gasteiger partial charge < -0.3 is 4.90 Å². The molecular formula is C16H26BrN3O. The highest BCUT2D eigenvalue weighted by Crippen LogP contribution is 2.28. The monoisotopic (exact) mass is 355 g/mol. The number of carbonyl (C=O) groups is 1. The maximum Gasteiger partial charge on any atom is 0.275 e. The van der Waals surface area contributed by atoms with E-state index in [4.69, 9.17) is 0 Å². The van der Waals surface area contributed by atoms with E-state index >= 15 is 0 Å². The van der Waals surface area contributed by atoms with Gasteiger partial charge in [-0.1, -0.05) is 33.6 Å². The highest BCUT2D eigenvalue weighted by molar-refractivity contribution is 9.10. The molecule has 1 atom stereocenters. The molecule has 2 rings (SSSR count). The molecular weight excluding hydrogens is 330 g/mol. The van der Waals surface area contributed by atoms with Crippen molar-refractivity contribution in [2.24, 2.45) is 5.92 Å². The number of aromatic nitrogens is 2. The molecule has 1 aromatic heterocycles. The maximum atomic E-state index is 12.7. The van der Waals surface area contributed by atoms with Gasteiger partial charge in [0.05, 0.1) is 10.2 Å². The minimum atomic E-state index is 0.0576. The predicted molar refractivity (Wildman–Crippen MR) is 88.5 cm³/mol. The van der Waals surface area contributed by atoms with Crippen LogP contribution in [0.3, 0.4) is 0 Å². The van der Waals surface area contributed by atoms with Crippen molar-refractivity contribution in [2.75, 3.05) is 13.1 Å². The van der Waals surface area contributed by atoms with Gasteiger partial charge in [-0.05, 0) is 47.0 Å². The minimum absolute atomic E-state index is 0.0576. The second kappa shape index (κ2) is 7.43. The third kappa shape index (κ3) is 3.87. The number of likely N-dealkylation sites (tertiary alicyclic amines) is 1. The molecule has 2 heterocycles. The zero-order valence-electron chi connectivity index (χ0n) is 13.3. The van der Waals surface area contributed by atoms with E-state index in [9.17, 15) is 4.79 Å². The molecule has 21 heavy (non-hydrogen) atoms. The van der Waals surface area contributed by atoms with Crippen LogP contribution >= 0.6 is 15.9 Å². The Balaban J connectivity index is 2.06. The molecule has 1 unspecified atom stereocenters. The summed E-state index contributed by atoms with van der Waals surface area (Å²) in [7, 11) is 0. The number of rotatable bonds is 4. The number of halogens is 1. The van der Waals surface area contributed by atoms with Gasteiger partial charge in [0.2, 0.25) is 0 Å². The van der Waals surface area contributed by atoms with Gasteiger partial charge in [-0.3, -0.25) is 9.89 Å². The number of H-pyrrole nitrogens is 1. The fourth-order valence-corrected chi connectivity index (χ4v) is 3.89. The van der Waals surface area contributed by atoms with Crippen molar-refractivity contribution in [1.82, 2.24) is 15.1 Å². The second-order valence-electron chi connectivity index (χ2n) is 6.33. The zero-order chi connectivity index (χ0) is 15.4. The van der Waals surface area contributed by atoms with E-state index < -0.39 is 0 Å². The summed E-state index contributed by atoms with van der Waals surface area (Å²) in [5.74, 6) is 1.16. The minimum Gasteiger partial charge on any atom is -0.337 e. The first-order valence-corrected chi connectivity index (χ1v) is 8.86. The zero-order valence-corrected chi connectivity index (χ0v) is 14.9. The van der Waals surface area contributed by atoms with Crippen LogP contribution in [0.15, 0.2) is 4.47 Å². The van der Waals surface area contributed by atoms with Crippen molar-refractivity contribution in [3.05, 3.63) is 15.9 Å². The van der Waals surface area contributed by atoms with Gasteiger partial charge in [0, 0.05) is 13.1 Å². The Kier molecular flexibility index (Phi) is 5.85. The van der Waals surface area contributed by atoms with Crippen LogP contribution in [-0.2, 0) is 0 Å². The average Bonchev–Trinajstić information content (AvgIpc) is 2.68. The summed E-state index contributed by atoms with van der Waals surface area (Å²) in [6, 6.07) is 0. The Labute approximate surface area is 135 Å². The molecule has 0 aliphatic carbocycles. The molecule has 1 amide bonds. The smallest absolute Gasteiger partial charge is 0.275 e. The highest BCUT2D eigenvalue weighted by Gasteiger charge is 2.26. The summed E-state index contributed by atoms with van der Waals surface area (Å²) in [5.41, 5.74) is 1.53. The van der Waals surface area contributed by atoms with E-state index in [0.29, 0.717) is 11.6 Å². The summed E-state index contributed by atoms with van der Waals surface area (Å²) < 4.78 is 0.830. The predicted octanol–water partition coefficient (Wildman–Crippen LogP) is 4.34. The van der Waals surface area contributed by atoms with E-state index in [1.807, 2.05) is 4.90 Å². The van der Waals surface area contributed by atoms with Gasteiger partial charge in [0.15, 0.2) is 5.69 Å². The van der Waals surface area contributed by atoms with E-state index in [1.54, 1.807) is 0 Å². The first kappa shape index (κ1) is 16.5. The van der Waals surface area contributed by atoms with Crippen molar-refractivity contribution in [3.63, 3.8) is 0 Å². The largest absolute Gasteiger partial charge is 0.337 e. The lowest BCUT2D eigenvalue weighted by molar-refractivity contribution is 0.0753. The standard InChI is InChI=1S/C16H26BrN3O/c1-4-6-12-7-5-9-20(10-8-12)16(21)15-13(17)14(11(2)3)18-19-15/h11-12H,4-10H2,1-3H3,(H,18,19). The molecule has 1 aliphatic heterocycles. The fraction of sp³-hybridized carbons (Fsp3) is 0.750. The quantitative estimate of drug-likeness (QED) is 0.873. The first-order chi connectivity index (χ1) is 10.0. The summed E-state index contributed by atoms with van der Waals surface area (Å²) in [6.07, 6.45) is 6.00. The van der Waals surface area contributed by atoms with Crippen molar-refractivity contribution >= 4 is 21.8 Å². The van der Waals surface area contributed by atoms with Crippen LogP contribution in [-0.4, -0.2) is 34.1 Å². The number of nitrogens with zero attached hydrogens (tertiary/aromatic N) is 2. The van der Waals surface area contributed by atoms with Crippen LogP contribution in [0.25, 0.3) is 0 Å². The third-order valence-electron chi connectivity index (χ3n) is 4.34. The van der Waals surface area contributed by atoms with Crippen LogP contribution in [0.2, 0.25) is 0 Å². The lowest BCUT2D eigenvalue weighted by atomic mass is 9.96. The molecule has 0 saturated carbocycles. The second-order valence-corrected chi connectivity index (χ2v) is 7.13. The lowest BCUT2D eigenvalue weighted by Crippen LogP contribution is -2.32. The molecule has 1 aliphatic rings. The summed E-state index contributed by atoms with van der Waals surface area (Å²) >= 11 is 3.53. The molecule has 1 N–H and O–H groups in total. The molecule has 0 aromatic carbocycles. The molecule has 0 bridgehead atoms. The van der Waals surface area contributed by atoms with Gasteiger partial charge in [-0.2, -0.15) is 5.10 Å². The summed E-state index contributed by atoms with van der Waals surface area (Å²) in [4.78, 5) is 14.7. The van der Waals surface area contributed by atoms with E-state index in [1.165, 1.54) is 19.3 Å². The average molecular weight is 356 g/mol. The number of hydrogen-bond acceptors (Lipinski definition) is 2. The van der Waals surface area contributed by atoms with Crippen LogP contribution in [0, 0.1) is 5.92 Å². The highest BCUT2D eigenvalue weighted by atomic mass is 79.9. The van der Waals surface area contributed by atoms with Crippen molar-refractivity contribution in [3.8, 4) is 0 Å². The lowest BCUT2D eigenvalue weighted by Gasteiger charge is -2.19. The van der Waals surface area contributed by atoms with Crippen LogP contribution in [0.4, 0.5) is 0 Å². The Bertz CT molecular complexity index is 484. The summed E-state index contributed by atoms with van der Waals surface area (Å²) in [6.45, 7) is 8.14. The molecule has 4 nitrogen and oxygen atoms in total. The van der Waals surface area contributed by atoms with Crippen molar-refractivity contribution in [1.29, 1.82) is 0 Å². The molecule has 0 spiro atoms. The van der Waals surface area contributed by atoms with Crippen LogP contribution in [0.1, 0.15) is 75.0 Å². The Morgan fingerprint density at radius 2 is 2.19 bits per heavy atom. The molecule has 5 heteroatoms. The molecule has 1 fully saturated rings. The van der Waals surface area contributed by atoms with Gasteiger partial charge in [0.1, 0.15) is 0 Å². The van der Waals surface area contributed by atoms with Gasteiger partial charge in [0.25, 0.3) is 5.91 Å². The van der Waals surface area contributed by atoms with E-state index in [0.717, 1.165) is 42.0 Å². The number of amides is 1. The Morgan fingerprint density at radius 1 is 1.43 bits per heavy atom. The number of aromatic amines is 1. The van der Waals surface area contributed by atoms with Crippen molar-refractivity contribution in [2.45, 2.75) is 58.8 Å². The third-order valence-corrected chi connectivity index (χ3v) is 5.15. The number of nitrogens with one attached hydrogen (secondary N) is 1.